The lowest BCUT2D eigenvalue weighted by atomic mass is 9.99. The van der Waals surface area contributed by atoms with E-state index in [1.807, 2.05) is 19.1 Å². The normalized spacial score (nSPS) is 21.4. The monoisotopic (exact) mass is 492 g/mol. The highest BCUT2D eigenvalue weighted by atomic mass is 35.5. The fourth-order valence-corrected chi connectivity index (χ4v) is 4.91. The van der Waals surface area contributed by atoms with Gasteiger partial charge in [-0.05, 0) is 48.6 Å². The Hall–Kier alpha value is -3.40. The summed E-state index contributed by atoms with van der Waals surface area (Å²) < 4.78 is 22.5. The van der Waals surface area contributed by atoms with Gasteiger partial charge in [0.2, 0.25) is 12.3 Å². The number of hydrogen-bond acceptors (Lipinski definition) is 6. The number of benzene rings is 1. The SMILES string of the molecule is Cc1ccncc1-c1cc2cc(NC(=O)C3CC3c3ccnn3C3NCCO3)ncc2c(Cl)c1F. The van der Waals surface area contributed by atoms with Gasteiger partial charge in [0.05, 0.1) is 11.6 Å². The highest BCUT2D eigenvalue weighted by Gasteiger charge is 2.46. The number of aryl methyl sites for hydroxylation is 1. The average molecular weight is 493 g/mol. The Morgan fingerprint density at radius 3 is 2.94 bits per heavy atom. The summed E-state index contributed by atoms with van der Waals surface area (Å²) in [5, 5.41) is 11.6. The summed E-state index contributed by atoms with van der Waals surface area (Å²) >= 11 is 6.35. The number of carbonyl (C=O) groups is 1. The van der Waals surface area contributed by atoms with E-state index in [1.54, 1.807) is 35.4 Å². The molecule has 0 spiro atoms. The van der Waals surface area contributed by atoms with Crippen LogP contribution in [0.15, 0.2) is 49.1 Å². The highest BCUT2D eigenvalue weighted by Crippen LogP contribution is 2.48. The Bertz CT molecular complexity index is 1450. The molecule has 1 aromatic carbocycles. The number of amides is 1. The third-order valence-electron chi connectivity index (χ3n) is 6.61. The van der Waals surface area contributed by atoms with E-state index >= 15 is 4.39 Å². The first-order chi connectivity index (χ1) is 17.0. The van der Waals surface area contributed by atoms with Crippen molar-refractivity contribution < 1.29 is 13.9 Å². The van der Waals surface area contributed by atoms with E-state index in [4.69, 9.17) is 16.3 Å². The molecule has 4 aromatic rings. The lowest BCUT2D eigenvalue weighted by molar-refractivity contribution is -0.117. The van der Waals surface area contributed by atoms with Crippen molar-refractivity contribution in [2.24, 2.45) is 5.92 Å². The number of hydrogen-bond donors (Lipinski definition) is 2. The molecule has 1 aliphatic heterocycles. The number of ether oxygens (including phenoxy) is 1. The van der Waals surface area contributed by atoms with Crippen molar-refractivity contribution in [1.82, 2.24) is 25.1 Å². The van der Waals surface area contributed by atoms with Crippen LogP contribution in [0.4, 0.5) is 10.2 Å². The fourth-order valence-electron chi connectivity index (χ4n) is 4.65. The minimum absolute atomic E-state index is 0.00982. The Kier molecular flexibility index (Phi) is 5.47. The standard InChI is InChI=1S/C25H22ClFN6O2/c1-13-2-4-28-11-18(13)16-8-14-9-21(30-12-19(14)22(26)23(16)27)32-24(34)17-10-15(17)20-3-5-31-33(20)25-29-6-7-35-25/h2-5,8-9,11-12,15,17,25,29H,6-7,10H2,1H3,(H,30,32,34). The zero-order chi connectivity index (χ0) is 24.1. The first kappa shape index (κ1) is 22.1. The fraction of sp³-hybridized carbons (Fsp3) is 0.280. The first-order valence-electron chi connectivity index (χ1n) is 11.4. The summed E-state index contributed by atoms with van der Waals surface area (Å²) in [6, 6.07) is 7.17. The van der Waals surface area contributed by atoms with Crippen molar-refractivity contribution in [3.8, 4) is 11.1 Å². The van der Waals surface area contributed by atoms with Gasteiger partial charge in [-0.15, -0.1) is 0 Å². The highest BCUT2D eigenvalue weighted by molar-refractivity contribution is 6.36. The van der Waals surface area contributed by atoms with Gasteiger partial charge < -0.3 is 10.1 Å². The maximum Gasteiger partial charge on any atom is 0.229 e. The van der Waals surface area contributed by atoms with Gasteiger partial charge in [0.1, 0.15) is 11.6 Å². The molecule has 6 rings (SSSR count). The van der Waals surface area contributed by atoms with Crippen molar-refractivity contribution in [3.63, 3.8) is 0 Å². The van der Waals surface area contributed by atoms with E-state index in [0.29, 0.717) is 34.3 Å². The molecular formula is C25H22ClFN6O2. The predicted molar refractivity (Wildman–Crippen MR) is 129 cm³/mol. The smallest absolute Gasteiger partial charge is 0.229 e. The van der Waals surface area contributed by atoms with Gasteiger partial charge in [0.15, 0.2) is 0 Å². The van der Waals surface area contributed by atoms with Gasteiger partial charge in [0.25, 0.3) is 0 Å². The molecule has 8 nitrogen and oxygen atoms in total. The second-order valence-corrected chi connectivity index (χ2v) is 9.23. The molecule has 2 N–H and O–H groups in total. The summed E-state index contributed by atoms with van der Waals surface area (Å²) in [5.41, 5.74) is 2.87. The van der Waals surface area contributed by atoms with Crippen LogP contribution in [-0.2, 0) is 9.53 Å². The van der Waals surface area contributed by atoms with Crippen molar-refractivity contribution in [2.45, 2.75) is 25.6 Å². The number of pyridine rings is 2. The van der Waals surface area contributed by atoms with Crippen LogP contribution in [0, 0.1) is 18.7 Å². The topological polar surface area (TPSA) is 94.0 Å². The third kappa shape index (κ3) is 3.95. The van der Waals surface area contributed by atoms with Crippen LogP contribution in [0.25, 0.3) is 21.9 Å². The molecule has 2 aliphatic rings. The van der Waals surface area contributed by atoms with E-state index in [9.17, 15) is 4.79 Å². The summed E-state index contributed by atoms with van der Waals surface area (Å²) in [4.78, 5) is 21.4. The minimum Gasteiger partial charge on any atom is -0.342 e. The summed E-state index contributed by atoms with van der Waals surface area (Å²) in [7, 11) is 0. The second-order valence-electron chi connectivity index (χ2n) is 8.85. The molecule has 0 bridgehead atoms. The van der Waals surface area contributed by atoms with E-state index in [-0.39, 0.29) is 29.1 Å². The Balaban J connectivity index is 1.24. The summed E-state index contributed by atoms with van der Waals surface area (Å²) in [6.07, 6.45) is 6.91. The molecular weight excluding hydrogens is 471 g/mol. The van der Waals surface area contributed by atoms with E-state index in [1.165, 1.54) is 6.20 Å². The van der Waals surface area contributed by atoms with Crippen LogP contribution in [0.2, 0.25) is 5.02 Å². The molecule has 1 amide bonds. The maximum absolute atomic E-state index is 15.1. The zero-order valence-electron chi connectivity index (χ0n) is 18.8. The second kappa shape index (κ2) is 8.67. The lowest BCUT2D eigenvalue weighted by Gasteiger charge is -2.14. The average Bonchev–Trinajstić information content (AvgIpc) is 3.23. The third-order valence-corrected chi connectivity index (χ3v) is 6.98. The van der Waals surface area contributed by atoms with Crippen LogP contribution in [0.5, 0.6) is 0 Å². The number of anilines is 1. The van der Waals surface area contributed by atoms with Crippen molar-refractivity contribution in [1.29, 1.82) is 0 Å². The molecule has 3 atom stereocenters. The van der Waals surface area contributed by atoms with Crippen LogP contribution < -0.4 is 10.6 Å². The van der Waals surface area contributed by atoms with Gasteiger partial charge in [-0.2, -0.15) is 5.10 Å². The van der Waals surface area contributed by atoms with Crippen molar-refractivity contribution in [3.05, 3.63) is 71.2 Å². The first-order valence-corrected chi connectivity index (χ1v) is 11.8. The molecule has 1 saturated heterocycles. The molecule has 3 aromatic heterocycles. The van der Waals surface area contributed by atoms with Crippen LogP contribution in [0.3, 0.4) is 0 Å². The summed E-state index contributed by atoms with van der Waals surface area (Å²) in [6.45, 7) is 3.28. The molecule has 10 heteroatoms. The maximum atomic E-state index is 15.1. The molecule has 1 aliphatic carbocycles. The minimum atomic E-state index is -0.521. The molecule has 1 saturated carbocycles. The molecule has 35 heavy (non-hydrogen) atoms. The quantitative estimate of drug-likeness (QED) is 0.428. The molecule has 178 valence electrons. The number of halogens is 2. The number of carbonyl (C=O) groups excluding carboxylic acids is 1. The molecule has 3 unspecified atom stereocenters. The van der Waals surface area contributed by atoms with Crippen molar-refractivity contribution in [2.75, 3.05) is 18.5 Å². The number of nitrogens with zero attached hydrogens (tertiary/aromatic N) is 4. The largest absolute Gasteiger partial charge is 0.342 e. The molecule has 2 fully saturated rings. The molecule has 0 radical (unpaired) electrons. The zero-order valence-corrected chi connectivity index (χ0v) is 19.6. The van der Waals surface area contributed by atoms with Gasteiger partial charge >= 0.3 is 0 Å². The number of fused-ring (bicyclic) bond motifs is 1. The van der Waals surface area contributed by atoms with Gasteiger partial charge in [-0.1, -0.05) is 11.6 Å². The number of rotatable bonds is 5. The van der Waals surface area contributed by atoms with Gasteiger partial charge in [-0.25, -0.2) is 14.1 Å². The predicted octanol–water partition coefficient (Wildman–Crippen LogP) is 4.41. The lowest BCUT2D eigenvalue weighted by Crippen LogP contribution is -2.24. The molecule has 4 heterocycles. The Morgan fingerprint density at radius 2 is 2.14 bits per heavy atom. The number of aromatic nitrogens is 4. The van der Waals surface area contributed by atoms with E-state index in [0.717, 1.165) is 24.2 Å². The van der Waals surface area contributed by atoms with E-state index in [2.05, 4.69) is 25.7 Å². The Morgan fingerprint density at radius 1 is 1.26 bits per heavy atom. The van der Waals surface area contributed by atoms with Crippen LogP contribution >= 0.6 is 11.6 Å². The van der Waals surface area contributed by atoms with Crippen LogP contribution in [-0.4, -0.2) is 38.8 Å². The van der Waals surface area contributed by atoms with Gasteiger partial charge in [0, 0.05) is 65.4 Å². The van der Waals surface area contributed by atoms with Crippen LogP contribution in [0.1, 0.15) is 29.9 Å². The number of nitrogens with one attached hydrogen (secondary N) is 2. The van der Waals surface area contributed by atoms with Crippen molar-refractivity contribution >= 4 is 34.1 Å². The van der Waals surface area contributed by atoms with E-state index < -0.39 is 5.82 Å². The Labute approximate surface area is 205 Å². The summed E-state index contributed by atoms with van der Waals surface area (Å²) in [5.74, 6) is -0.375. The van der Waals surface area contributed by atoms with Gasteiger partial charge in [-0.3, -0.25) is 15.1 Å².